The van der Waals surface area contributed by atoms with Gasteiger partial charge < -0.3 is 25.0 Å². The van der Waals surface area contributed by atoms with E-state index < -0.39 is 6.04 Å². The summed E-state index contributed by atoms with van der Waals surface area (Å²) in [5, 5.41) is 10.5. The van der Waals surface area contributed by atoms with Gasteiger partial charge in [-0.2, -0.15) is 5.10 Å². The number of aromatic nitrogens is 3. The van der Waals surface area contributed by atoms with E-state index in [-0.39, 0.29) is 55.7 Å². The molecule has 2 bridgehead atoms. The van der Waals surface area contributed by atoms with Crippen molar-refractivity contribution in [2.75, 3.05) is 33.4 Å². The maximum Gasteiger partial charge on any atom is 0.254 e. The number of amides is 3. The summed E-state index contributed by atoms with van der Waals surface area (Å²) in [6.45, 7) is 6.56. The van der Waals surface area contributed by atoms with Crippen LogP contribution in [0.25, 0.3) is 0 Å². The minimum Gasteiger partial charge on any atom is -0.493 e. The lowest BCUT2D eigenvalue weighted by Crippen LogP contribution is -2.44. The molecule has 0 saturated heterocycles. The van der Waals surface area contributed by atoms with Crippen LogP contribution in [-0.4, -0.2) is 76.5 Å². The molecule has 1 aliphatic carbocycles. The lowest BCUT2D eigenvalue weighted by molar-refractivity contribution is -0.123. The SMILES string of the molecule is COc1ccc2cc1OCCn1nc(C)nc1[C@H](C(C)C)NC(=O)CN(C(=O)c1cccc3c1CCC3=O)CCCNC2=O. The van der Waals surface area contributed by atoms with Gasteiger partial charge in [-0.1, -0.05) is 26.0 Å². The molecule has 3 aromatic rings. The number of carbonyl (C=O) groups is 4. The van der Waals surface area contributed by atoms with Gasteiger partial charge in [0.2, 0.25) is 5.91 Å². The first-order chi connectivity index (χ1) is 21.2. The Balaban J connectivity index is 1.47. The van der Waals surface area contributed by atoms with Crippen LogP contribution in [0.5, 0.6) is 11.5 Å². The molecule has 1 aliphatic heterocycles. The summed E-state index contributed by atoms with van der Waals surface area (Å²) >= 11 is 0. The highest BCUT2D eigenvalue weighted by molar-refractivity contribution is 6.06. The first kappa shape index (κ1) is 30.7. The molecule has 0 saturated carbocycles. The Bertz CT molecular complexity index is 1580. The number of hydrogen-bond acceptors (Lipinski definition) is 8. The molecule has 0 fully saturated rings. The Morgan fingerprint density at radius 3 is 2.70 bits per heavy atom. The third kappa shape index (κ3) is 6.58. The van der Waals surface area contributed by atoms with Crippen LogP contribution in [0.1, 0.15) is 81.0 Å². The Labute approximate surface area is 256 Å². The fraction of sp³-hybridized carbons (Fsp3) is 0.438. The van der Waals surface area contributed by atoms with Gasteiger partial charge >= 0.3 is 0 Å². The maximum atomic E-state index is 13.9. The standard InChI is InChI=1S/C32H38N6O6/c1-19(2)29-30-34-20(3)36-38(30)15-16-44-27-17-21(9-12-26(27)43-4)31(41)33-13-6-14-37(18-28(40)35-29)32(42)24-8-5-7-23-22(24)10-11-25(23)39/h5,7-9,12,17,19,29H,6,10-11,13-16,18H2,1-4H3,(H,33,41)(H,35,40)/t29-/m0/s1. The zero-order valence-corrected chi connectivity index (χ0v) is 25.5. The second kappa shape index (κ2) is 13.3. The lowest BCUT2D eigenvalue weighted by Gasteiger charge is -2.27. The average Bonchev–Trinajstić information content (AvgIpc) is 3.57. The van der Waals surface area contributed by atoms with Crippen molar-refractivity contribution in [3.8, 4) is 11.5 Å². The van der Waals surface area contributed by atoms with Crippen LogP contribution in [0.4, 0.5) is 0 Å². The highest BCUT2D eigenvalue weighted by Crippen LogP contribution is 2.29. The summed E-state index contributed by atoms with van der Waals surface area (Å²) in [5.74, 6) is 1.02. The number of ether oxygens (including phenoxy) is 2. The van der Waals surface area contributed by atoms with Gasteiger partial charge in [-0.3, -0.25) is 19.2 Å². The van der Waals surface area contributed by atoms with Gasteiger partial charge in [-0.25, -0.2) is 9.67 Å². The minimum absolute atomic E-state index is 0.0149. The molecule has 0 spiro atoms. The van der Waals surface area contributed by atoms with Crippen molar-refractivity contribution in [3.63, 3.8) is 0 Å². The maximum absolute atomic E-state index is 13.9. The quantitative estimate of drug-likeness (QED) is 0.466. The van der Waals surface area contributed by atoms with E-state index in [1.54, 1.807) is 48.0 Å². The second-order valence-corrected chi connectivity index (χ2v) is 11.3. The average molecular weight is 603 g/mol. The fourth-order valence-corrected chi connectivity index (χ4v) is 5.65. The normalized spacial score (nSPS) is 18.0. The van der Waals surface area contributed by atoms with Gasteiger partial charge in [0.15, 0.2) is 17.3 Å². The van der Waals surface area contributed by atoms with E-state index in [1.807, 2.05) is 13.8 Å². The number of methoxy groups -OCH3 is 1. The van der Waals surface area contributed by atoms with Crippen molar-refractivity contribution < 1.29 is 28.7 Å². The molecule has 1 atom stereocenters. The molecule has 1 aromatic heterocycles. The summed E-state index contributed by atoms with van der Waals surface area (Å²) in [5.41, 5.74) is 2.10. The van der Waals surface area contributed by atoms with Crippen LogP contribution in [0.15, 0.2) is 36.4 Å². The van der Waals surface area contributed by atoms with E-state index >= 15 is 0 Å². The van der Waals surface area contributed by atoms with Gasteiger partial charge in [-0.05, 0) is 55.5 Å². The molecule has 2 N–H and O–H groups in total. The number of benzene rings is 2. The number of nitrogens with one attached hydrogen (secondary N) is 2. The first-order valence-electron chi connectivity index (χ1n) is 14.9. The monoisotopic (exact) mass is 602 g/mol. The molecule has 12 nitrogen and oxygen atoms in total. The number of rotatable bonds is 3. The van der Waals surface area contributed by atoms with Crippen LogP contribution < -0.4 is 20.1 Å². The molecule has 0 unspecified atom stereocenters. The van der Waals surface area contributed by atoms with E-state index in [0.29, 0.717) is 65.6 Å². The lowest BCUT2D eigenvalue weighted by atomic mass is 10.0. The van der Waals surface area contributed by atoms with Crippen molar-refractivity contribution in [2.24, 2.45) is 5.92 Å². The third-order valence-corrected chi connectivity index (χ3v) is 7.87. The van der Waals surface area contributed by atoms with Gasteiger partial charge in [-0.15, -0.1) is 0 Å². The van der Waals surface area contributed by atoms with Crippen molar-refractivity contribution in [1.82, 2.24) is 30.3 Å². The predicted octanol–water partition coefficient (Wildman–Crippen LogP) is 2.89. The Kier molecular flexibility index (Phi) is 9.26. The van der Waals surface area contributed by atoms with Crippen LogP contribution in [0.3, 0.4) is 0 Å². The Hall–Kier alpha value is -4.74. The summed E-state index contributed by atoms with van der Waals surface area (Å²) in [6, 6.07) is 9.64. The summed E-state index contributed by atoms with van der Waals surface area (Å²) < 4.78 is 13.2. The molecule has 12 heteroatoms. The number of nitrogens with zero attached hydrogens (tertiary/aromatic N) is 4. The largest absolute Gasteiger partial charge is 0.493 e. The van der Waals surface area contributed by atoms with E-state index in [1.165, 1.54) is 12.0 Å². The molecular formula is C32H38N6O6. The van der Waals surface area contributed by atoms with Gasteiger partial charge in [0.25, 0.3) is 11.8 Å². The molecule has 5 rings (SSSR count). The number of fused-ring (bicyclic) bond motifs is 4. The van der Waals surface area contributed by atoms with Gasteiger partial charge in [0.05, 0.1) is 26.2 Å². The smallest absolute Gasteiger partial charge is 0.254 e. The zero-order chi connectivity index (χ0) is 31.4. The molecule has 3 amide bonds. The van der Waals surface area contributed by atoms with E-state index in [0.717, 1.165) is 5.56 Å². The van der Waals surface area contributed by atoms with E-state index in [9.17, 15) is 19.2 Å². The predicted molar refractivity (Wildman–Crippen MR) is 161 cm³/mol. The molecule has 2 aromatic carbocycles. The van der Waals surface area contributed by atoms with Crippen LogP contribution in [0, 0.1) is 12.8 Å². The molecule has 2 aliphatic rings. The van der Waals surface area contributed by atoms with Crippen LogP contribution in [0.2, 0.25) is 0 Å². The summed E-state index contributed by atoms with van der Waals surface area (Å²) in [7, 11) is 1.53. The second-order valence-electron chi connectivity index (χ2n) is 11.3. The molecular weight excluding hydrogens is 564 g/mol. The number of Topliss-reactive ketones (excluding diaryl/α,β-unsaturated/α-hetero) is 1. The number of carbonyl (C=O) groups excluding carboxylic acids is 4. The summed E-state index contributed by atoms with van der Waals surface area (Å²) in [4.78, 5) is 58.9. The van der Waals surface area contributed by atoms with Crippen molar-refractivity contribution in [3.05, 3.63) is 70.3 Å². The third-order valence-electron chi connectivity index (χ3n) is 7.87. The van der Waals surface area contributed by atoms with Crippen molar-refractivity contribution >= 4 is 23.5 Å². The number of ketones is 1. The molecule has 44 heavy (non-hydrogen) atoms. The van der Waals surface area contributed by atoms with Gasteiger partial charge in [0, 0.05) is 36.2 Å². The van der Waals surface area contributed by atoms with Crippen LogP contribution >= 0.6 is 0 Å². The molecule has 0 radical (unpaired) electrons. The fourth-order valence-electron chi connectivity index (χ4n) is 5.65. The Morgan fingerprint density at radius 1 is 1.11 bits per heavy atom. The van der Waals surface area contributed by atoms with E-state index in [2.05, 4.69) is 20.7 Å². The van der Waals surface area contributed by atoms with Gasteiger partial charge in [0.1, 0.15) is 18.3 Å². The Morgan fingerprint density at radius 2 is 1.93 bits per heavy atom. The van der Waals surface area contributed by atoms with Crippen molar-refractivity contribution in [2.45, 2.75) is 52.6 Å². The van der Waals surface area contributed by atoms with Crippen LogP contribution in [-0.2, 0) is 17.8 Å². The first-order valence-corrected chi connectivity index (χ1v) is 14.9. The highest BCUT2D eigenvalue weighted by Gasteiger charge is 2.30. The molecule has 232 valence electrons. The number of aryl methyl sites for hydroxylation is 1. The topological polar surface area (TPSA) is 145 Å². The highest BCUT2D eigenvalue weighted by atomic mass is 16.5. The zero-order valence-electron chi connectivity index (χ0n) is 25.5. The van der Waals surface area contributed by atoms with Crippen molar-refractivity contribution in [1.29, 1.82) is 0 Å². The molecule has 2 heterocycles. The van der Waals surface area contributed by atoms with E-state index in [4.69, 9.17) is 9.47 Å². The summed E-state index contributed by atoms with van der Waals surface area (Å²) in [6.07, 6.45) is 1.25. The minimum atomic E-state index is -0.477. The number of hydrogen-bond donors (Lipinski definition) is 2.